The summed E-state index contributed by atoms with van der Waals surface area (Å²) < 4.78 is 16.6. The van der Waals surface area contributed by atoms with Gasteiger partial charge in [-0.25, -0.2) is 0 Å². The van der Waals surface area contributed by atoms with Gasteiger partial charge in [0, 0.05) is 31.7 Å². The molecule has 1 aromatic heterocycles. The van der Waals surface area contributed by atoms with E-state index in [-0.39, 0.29) is 12.5 Å². The van der Waals surface area contributed by atoms with Crippen LogP contribution in [-0.2, 0) is 4.79 Å². The van der Waals surface area contributed by atoms with Crippen molar-refractivity contribution in [3.8, 4) is 28.5 Å². The summed E-state index contributed by atoms with van der Waals surface area (Å²) in [6, 6.07) is 19.1. The van der Waals surface area contributed by atoms with Gasteiger partial charge < -0.3 is 24.0 Å². The number of ether oxygens (including phenoxy) is 3. The van der Waals surface area contributed by atoms with Crippen LogP contribution in [0.3, 0.4) is 0 Å². The van der Waals surface area contributed by atoms with Gasteiger partial charge in [0.2, 0.25) is 0 Å². The molecule has 0 spiro atoms. The average molecular weight is 463 g/mol. The van der Waals surface area contributed by atoms with Crippen molar-refractivity contribution in [2.45, 2.75) is 13.8 Å². The molecule has 0 N–H and O–H groups in total. The molecule has 0 bridgehead atoms. The summed E-state index contributed by atoms with van der Waals surface area (Å²) >= 11 is 0. The van der Waals surface area contributed by atoms with Gasteiger partial charge in [-0.05, 0) is 74.5 Å². The van der Waals surface area contributed by atoms with Gasteiger partial charge in [0.05, 0.1) is 18.9 Å². The highest BCUT2D eigenvalue weighted by Gasteiger charge is 2.22. The topological polar surface area (TPSA) is 77.0 Å². The van der Waals surface area contributed by atoms with E-state index < -0.39 is 0 Å². The standard InChI is InChI=1S/C26H30N4O4/c1-3-32-21-7-5-20(6-8-21)24-13-14-25(28-27-24)29-15-17-30(18-16-29)26(31)19-34-23-11-9-22(10-12-23)33-4-2/h5-14H,3-4,15-19H2,1-2H3. The fourth-order valence-electron chi connectivity index (χ4n) is 3.76. The third-order valence-electron chi connectivity index (χ3n) is 5.56. The highest BCUT2D eigenvalue weighted by atomic mass is 16.5. The molecule has 0 saturated carbocycles. The summed E-state index contributed by atoms with van der Waals surface area (Å²) in [6.45, 7) is 7.81. The van der Waals surface area contributed by atoms with Crippen LogP contribution < -0.4 is 19.1 Å². The summed E-state index contributed by atoms with van der Waals surface area (Å²) in [6.07, 6.45) is 0. The van der Waals surface area contributed by atoms with Gasteiger partial charge in [0.25, 0.3) is 5.91 Å². The SMILES string of the molecule is CCOc1ccc(OCC(=O)N2CCN(c3ccc(-c4ccc(OCC)cc4)nn3)CC2)cc1. The van der Waals surface area contributed by atoms with Gasteiger partial charge in [-0.2, -0.15) is 0 Å². The highest BCUT2D eigenvalue weighted by Crippen LogP contribution is 2.22. The summed E-state index contributed by atoms with van der Waals surface area (Å²) in [5.41, 5.74) is 1.80. The van der Waals surface area contributed by atoms with Crippen molar-refractivity contribution in [1.82, 2.24) is 15.1 Å². The summed E-state index contributed by atoms with van der Waals surface area (Å²) in [5, 5.41) is 8.80. The number of hydrogen-bond donors (Lipinski definition) is 0. The second kappa shape index (κ2) is 11.4. The van der Waals surface area contributed by atoms with E-state index in [2.05, 4.69) is 15.1 Å². The zero-order chi connectivity index (χ0) is 23.8. The number of anilines is 1. The molecule has 178 valence electrons. The van der Waals surface area contributed by atoms with E-state index in [0.29, 0.717) is 45.1 Å². The normalized spacial score (nSPS) is 13.5. The number of hydrogen-bond acceptors (Lipinski definition) is 7. The molecule has 1 aliphatic rings. The number of benzene rings is 2. The predicted octanol–water partition coefficient (Wildman–Crippen LogP) is 3.67. The number of piperazine rings is 1. The average Bonchev–Trinajstić information content (AvgIpc) is 2.89. The molecule has 1 fully saturated rings. The molecular weight excluding hydrogens is 432 g/mol. The van der Waals surface area contributed by atoms with Crippen LogP contribution in [0.2, 0.25) is 0 Å². The number of carbonyl (C=O) groups excluding carboxylic acids is 1. The Labute approximate surface area is 200 Å². The van der Waals surface area contributed by atoms with Crippen LogP contribution in [0.5, 0.6) is 17.2 Å². The molecule has 0 aliphatic carbocycles. The van der Waals surface area contributed by atoms with Gasteiger partial charge in [0.15, 0.2) is 12.4 Å². The van der Waals surface area contributed by atoms with Crippen molar-refractivity contribution in [1.29, 1.82) is 0 Å². The summed E-state index contributed by atoms with van der Waals surface area (Å²) in [7, 11) is 0. The molecular formula is C26H30N4O4. The van der Waals surface area contributed by atoms with Crippen molar-refractivity contribution >= 4 is 11.7 Å². The number of rotatable bonds is 9. The maximum absolute atomic E-state index is 12.6. The van der Waals surface area contributed by atoms with Gasteiger partial charge in [-0.15, -0.1) is 10.2 Å². The van der Waals surface area contributed by atoms with Crippen molar-refractivity contribution < 1.29 is 19.0 Å². The molecule has 0 radical (unpaired) electrons. The second-order valence-electron chi connectivity index (χ2n) is 7.80. The van der Waals surface area contributed by atoms with Crippen LogP contribution in [0.4, 0.5) is 5.82 Å². The minimum Gasteiger partial charge on any atom is -0.494 e. The van der Waals surface area contributed by atoms with Crippen LogP contribution in [0.25, 0.3) is 11.3 Å². The zero-order valence-corrected chi connectivity index (χ0v) is 19.6. The van der Waals surface area contributed by atoms with Gasteiger partial charge in [-0.3, -0.25) is 4.79 Å². The number of nitrogens with zero attached hydrogens (tertiary/aromatic N) is 4. The number of carbonyl (C=O) groups is 1. The van der Waals surface area contributed by atoms with E-state index in [1.54, 1.807) is 0 Å². The molecule has 4 rings (SSSR count). The van der Waals surface area contributed by atoms with Crippen molar-refractivity contribution in [2.75, 3.05) is 50.9 Å². The lowest BCUT2D eigenvalue weighted by atomic mass is 10.1. The lowest BCUT2D eigenvalue weighted by molar-refractivity contribution is -0.133. The Morgan fingerprint density at radius 1 is 0.735 bits per heavy atom. The van der Waals surface area contributed by atoms with Gasteiger partial charge >= 0.3 is 0 Å². The van der Waals surface area contributed by atoms with E-state index in [1.165, 1.54) is 0 Å². The second-order valence-corrected chi connectivity index (χ2v) is 7.80. The van der Waals surface area contributed by atoms with E-state index in [1.807, 2.05) is 79.4 Å². The van der Waals surface area contributed by atoms with E-state index in [0.717, 1.165) is 28.6 Å². The highest BCUT2D eigenvalue weighted by molar-refractivity contribution is 5.78. The minimum atomic E-state index is -0.0227. The van der Waals surface area contributed by atoms with E-state index >= 15 is 0 Å². The van der Waals surface area contributed by atoms with Gasteiger partial charge in [-0.1, -0.05) is 0 Å². The summed E-state index contributed by atoms with van der Waals surface area (Å²) in [4.78, 5) is 16.5. The minimum absolute atomic E-state index is 0.0184. The first-order valence-corrected chi connectivity index (χ1v) is 11.6. The zero-order valence-electron chi connectivity index (χ0n) is 19.6. The fraction of sp³-hybridized carbons (Fsp3) is 0.346. The lowest BCUT2D eigenvalue weighted by Gasteiger charge is -2.35. The Balaban J connectivity index is 1.25. The first-order chi connectivity index (χ1) is 16.7. The van der Waals surface area contributed by atoms with Gasteiger partial charge in [0.1, 0.15) is 17.2 Å². The van der Waals surface area contributed by atoms with E-state index in [4.69, 9.17) is 14.2 Å². The first-order valence-electron chi connectivity index (χ1n) is 11.6. The number of amides is 1. The monoisotopic (exact) mass is 462 g/mol. The largest absolute Gasteiger partial charge is 0.494 e. The molecule has 8 heteroatoms. The van der Waals surface area contributed by atoms with E-state index in [9.17, 15) is 4.79 Å². The third-order valence-corrected chi connectivity index (χ3v) is 5.56. The lowest BCUT2D eigenvalue weighted by Crippen LogP contribution is -2.50. The Morgan fingerprint density at radius 2 is 1.29 bits per heavy atom. The van der Waals surface area contributed by atoms with Crippen LogP contribution in [0.15, 0.2) is 60.7 Å². The quantitative estimate of drug-likeness (QED) is 0.480. The molecule has 0 unspecified atom stereocenters. The smallest absolute Gasteiger partial charge is 0.260 e. The molecule has 34 heavy (non-hydrogen) atoms. The Morgan fingerprint density at radius 3 is 1.82 bits per heavy atom. The molecule has 8 nitrogen and oxygen atoms in total. The van der Waals surface area contributed by atoms with Crippen molar-refractivity contribution in [2.24, 2.45) is 0 Å². The summed E-state index contributed by atoms with van der Waals surface area (Å²) in [5.74, 6) is 3.07. The maximum Gasteiger partial charge on any atom is 0.260 e. The molecule has 1 aliphatic heterocycles. The molecule has 2 heterocycles. The molecule has 2 aromatic carbocycles. The van der Waals surface area contributed by atoms with Crippen molar-refractivity contribution in [3.63, 3.8) is 0 Å². The molecule has 1 saturated heterocycles. The predicted molar refractivity (Wildman–Crippen MR) is 131 cm³/mol. The van der Waals surface area contributed by atoms with Crippen LogP contribution in [0, 0.1) is 0 Å². The molecule has 1 amide bonds. The van der Waals surface area contributed by atoms with Crippen LogP contribution in [-0.4, -0.2) is 67.0 Å². The molecule has 3 aromatic rings. The van der Waals surface area contributed by atoms with Crippen LogP contribution >= 0.6 is 0 Å². The van der Waals surface area contributed by atoms with Crippen LogP contribution in [0.1, 0.15) is 13.8 Å². The maximum atomic E-state index is 12.6. The Kier molecular flexibility index (Phi) is 7.80. The van der Waals surface area contributed by atoms with Crippen molar-refractivity contribution in [3.05, 3.63) is 60.7 Å². The fourth-order valence-corrected chi connectivity index (χ4v) is 3.76. The Hall–Kier alpha value is -3.81. The Bertz CT molecular complexity index is 1050. The number of aromatic nitrogens is 2. The third kappa shape index (κ3) is 5.95. The molecule has 0 atom stereocenters. The first kappa shape index (κ1) is 23.4.